The highest BCUT2D eigenvalue weighted by Gasteiger charge is 2.31. The normalized spacial score (nSPS) is 14.9. The van der Waals surface area contributed by atoms with Crippen LogP contribution in [-0.4, -0.2) is 38.2 Å². The molecule has 1 atom stereocenters. The van der Waals surface area contributed by atoms with Gasteiger partial charge in [0.15, 0.2) is 0 Å². The first-order valence-electron chi connectivity index (χ1n) is 11.7. The smallest absolute Gasteiger partial charge is 0.222 e. The van der Waals surface area contributed by atoms with Crippen LogP contribution in [0.15, 0.2) is 67.0 Å². The van der Waals surface area contributed by atoms with Gasteiger partial charge in [0.2, 0.25) is 5.95 Å². The molecule has 0 aliphatic carbocycles. The number of methoxy groups -OCH3 is 1. The third-order valence-corrected chi connectivity index (χ3v) is 6.69. The molecule has 0 spiro atoms. The van der Waals surface area contributed by atoms with E-state index in [9.17, 15) is 4.39 Å². The molecular formula is C27H25FN6O. The van der Waals surface area contributed by atoms with Crippen molar-refractivity contribution >= 4 is 16.9 Å². The molecule has 0 saturated carbocycles. The molecule has 5 aromatic rings. The number of benzene rings is 2. The molecule has 4 heterocycles. The summed E-state index contributed by atoms with van der Waals surface area (Å²) in [4.78, 5) is 14.0. The van der Waals surface area contributed by atoms with Gasteiger partial charge in [-0.25, -0.2) is 19.3 Å². The lowest BCUT2D eigenvalue weighted by Gasteiger charge is -2.19. The molecule has 6 rings (SSSR count). The maximum absolute atomic E-state index is 13.7. The fourth-order valence-electron chi connectivity index (χ4n) is 5.07. The van der Waals surface area contributed by atoms with Crippen LogP contribution in [0.4, 0.5) is 10.3 Å². The number of nitrogens with zero attached hydrogens (tertiary/aromatic N) is 5. The van der Waals surface area contributed by atoms with E-state index in [4.69, 9.17) is 14.7 Å². The van der Waals surface area contributed by atoms with Crippen molar-refractivity contribution in [2.45, 2.75) is 25.4 Å². The van der Waals surface area contributed by atoms with E-state index in [1.54, 1.807) is 32.5 Å². The van der Waals surface area contributed by atoms with E-state index < -0.39 is 0 Å². The summed E-state index contributed by atoms with van der Waals surface area (Å²) in [5, 5.41) is 4.12. The quantitative estimate of drug-likeness (QED) is 0.364. The standard InChI is InChI=1S/C27H25FN6O/c1-29-27-30-14-12-21(31-27)26-25(17-6-8-18(28)9-7-17)32-24-11-10-19(34(24)26)16-33-15-13-20-22(33)4-3-5-23(20)35-2/h3-9,12-15,19H,10-11,16H2,1-2H3,(H,29,30,31). The monoisotopic (exact) mass is 468 g/mol. The molecule has 0 radical (unpaired) electrons. The summed E-state index contributed by atoms with van der Waals surface area (Å²) >= 11 is 0. The predicted molar refractivity (Wildman–Crippen MR) is 134 cm³/mol. The van der Waals surface area contributed by atoms with Crippen molar-refractivity contribution in [2.24, 2.45) is 0 Å². The molecule has 0 bridgehead atoms. The Morgan fingerprint density at radius 3 is 2.74 bits per heavy atom. The molecular weight excluding hydrogens is 443 g/mol. The Kier molecular flexibility index (Phi) is 5.21. The largest absolute Gasteiger partial charge is 0.496 e. The second-order valence-corrected chi connectivity index (χ2v) is 8.67. The first kappa shape index (κ1) is 21.3. The number of ether oxygens (including phenoxy) is 1. The molecule has 3 aromatic heterocycles. The summed E-state index contributed by atoms with van der Waals surface area (Å²) in [6.07, 6.45) is 5.71. The van der Waals surface area contributed by atoms with E-state index in [1.807, 2.05) is 18.2 Å². The van der Waals surface area contributed by atoms with Crippen LogP contribution in [0, 0.1) is 5.82 Å². The molecule has 1 aliphatic heterocycles. The SMILES string of the molecule is CNc1nccc(-c2c(-c3ccc(F)cc3)nc3n2C(Cn2ccc4c(OC)cccc42)CC3)n1. The van der Waals surface area contributed by atoms with Gasteiger partial charge in [-0.3, -0.25) is 0 Å². The van der Waals surface area contributed by atoms with Gasteiger partial charge in [-0.1, -0.05) is 6.07 Å². The molecule has 2 aromatic carbocycles. The summed E-state index contributed by atoms with van der Waals surface area (Å²) in [5.74, 6) is 2.16. The summed E-state index contributed by atoms with van der Waals surface area (Å²) < 4.78 is 23.8. The van der Waals surface area contributed by atoms with Crippen LogP contribution in [0.1, 0.15) is 18.3 Å². The average Bonchev–Trinajstić information content (AvgIpc) is 3.59. The number of anilines is 1. The fourth-order valence-corrected chi connectivity index (χ4v) is 5.07. The first-order valence-corrected chi connectivity index (χ1v) is 11.7. The second kappa shape index (κ2) is 8.54. The van der Waals surface area contributed by atoms with Crippen molar-refractivity contribution in [3.05, 3.63) is 78.6 Å². The zero-order valence-electron chi connectivity index (χ0n) is 19.6. The number of hydrogen-bond donors (Lipinski definition) is 1. The van der Waals surface area contributed by atoms with E-state index in [-0.39, 0.29) is 11.9 Å². The molecule has 0 amide bonds. The number of hydrogen-bond acceptors (Lipinski definition) is 5. The first-order chi connectivity index (χ1) is 17.2. The van der Waals surface area contributed by atoms with Gasteiger partial charge in [0.1, 0.15) is 17.4 Å². The molecule has 176 valence electrons. The second-order valence-electron chi connectivity index (χ2n) is 8.67. The van der Waals surface area contributed by atoms with Crippen LogP contribution in [0.5, 0.6) is 5.75 Å². The number of aryl methyl sites for hydroxylation is 1. The van der Waals surface area contributed by atoms with Crippen LogP contribution in [0.2, 0.25) is 0 Å². The topological polar surface area (TPSA) is 69.8 Å². The Balaban J connectivity index is 1.48. The maximum Gasteiger partial charge on any atom is 0.222 e. The Morgan fingerprint density at radius 1 is 1.09 bits per heavy atom. The van der Waals surface area contributed by atoms with Crippen LogP contribution >= 0.6 is 0 Å². The van der Waals surface area contributed by atoms with Gasteiger partial charge in [0, 0.05) is 43.4 Å². The molecule has 1 unspecified atom stereocenters. The zero-order chi connectivity index (χ0) is 23.9. The summed E-state index contributed by atoms with van der Waals surface area (Å²) in [5.41, 5.74) is 4.53. The van der Waals surface area contributed by atoms with E-state index >= 15 is 0 Å². The van der Waals surface area contributed by atoms with Crippen molar-refractivity contribution in [2.75, 3.05) is 19.5 Å². The van der Waals surface area contributed by atoms with Crippen molar-refractivity contribution < 1.29 is 9.13 Å². The molecule has 8 heteroatoms. The van der Waals surface area contributed by atoms with Crippen molar-refractivity contribution in [1.82, 2.24) is 24.1 Å². The lowest BCUT2D eigenvalue weighted by atomic mass is 10.1. The van der Waals surface area contributed by atoms with Gasteiger partial charge in [0.05, 0.1) is 35.8 Å². The van der Waals surface area contributed by atoms with Gasteiger partial charge in [0.25, 0.3) is 0 Å². The number of rotatable bonds is 6. The van der Waals surface area contributed by atoms with Crippen LogP contribution in [0.25, 0.3) is 33.5 Å². The number of nitrogens with one attached hydrogen (secondary N) is 1. The number of halogens is 1. The summed E-state index contributed by atoms with van der Waals surface area (Å²) in [7, 11) is 3.50. The van der Waals surface area contributed by atoms with Crippen LogP contribution < -0.4 is 10.1 Å². The summed E-state index contributed by atoms with van der Waals surface area (Å²) in [6, 6.07) is 16.8. The van der Waals surface area contributed by atoms with Crippen molar-refractivity contribution in [1.29, 1.82) is 0 Å². The summed E-state index contributed by atoms with van der Waals surface area (Å²) in [6.45, 7) is 0.792. The third-order valence-electron chi connectivity index (χ3n) is 6.69. The van der Waals surface area contributed by atoms with Crippen molar-refractivity contribution in [3.8, 4) is 28.4 Å². The van der Waals surface area contributed by atoms with Crippen LogP contribution in [0.3, 0.4) is 0 Å². The number of aromatic nitrogens is 5. The Morgan fingerprint density at radius 2 is 1.94 bits per heavy atom. The van der Waals surface area contributed by atoms with Gasteiger partial charge in [-0.05, 0) is 55.0 Å². The molecule has 0 fully saturated rings. The molecule has 0 saturated heterocycles. The number of fused-ring (bicyclic) bond motifs is 2. The Hall–Kier alpha value is -4.20. The van der Waals surface area contributed by atoms with E-state index in [1.165, 1.54) is 12.1 Å². The Labute approximate surface area is 202 Å². The molecule has 35 heavy (non-hydrogen) atoms. The van der Waals surface area contributed by atoms with Gasteiger partial charge in [-0.2, -0.15) is 0 Å². The Bertz CT molecular complexity index is 1520. The molecule has 7 nitrogen and oxygen atoms in total. The lowest BCUT2D eigenvalue weighted by Crippen LogP contribution is -2.13. The minimum atomic E-state index is -0.269. The maximum atomic E-state index is 13.7. The van der Waals surface area contributed by atoms with E-state index in [2.05, 4.69) is 37.8 Å². The molecule has 1 N–H and O–H groups in total. The zero-order valence-corrected chi connectivity index (χ0v) is 19.6. The van der Waals surface area contributed by atoms with Crippen LogP contribution in [-0.2, 0) is 13.0 Å². The third kappa shape index (κ3) is 3.62. The lowest BCUT2D eigenvalue weighted by molar-refractivity contribution is 0.419. The van der Waals surface area contributed by atoms with Gasteiger partial charge in [-0.15, -0.1) is 0 Å². The minimum absolute atomic E-state index is 0.191. The highest BCUT2D eigenvalue weighted by atomic mass is 19.1. The fraction of sp³-hybridized carbons (Fsp3) is 0.222. The highest BCUT2D eigenvalue weighted by Crippen LogP contribution is 2.40. The molecule has 1 aliphatic rings. The van der Waals surface area contributed by atoms with Gasteiger partial charge >= 0.3 is 0 Å². The predicted octanol–water partition coefficient (Wildman–Crippen LogP) is 5.34. The van der Waals surface area contributed by atoms with E-state index in [0.717, 1.165) is 64.5 Å². The average molecular weight is 469 g/mol. The minimum Gasteiger partial charge on any atom is -0.496 e. The van der Waals surface area contributed by atoms with Gasteiger partial charge < -0.3 is 19.2 Å². The highest BCUT2D eigenvalue weighted by molar-refractivity contribution is 5.86. The van der Waals surface area contributed by atoms with E-state index in [0.29, 0.717) is 5.95 Å². The van der Waals surface area contributed by atoms with Crippen molar-refractivity contribution in [3.63, 3.8) is 0 Å². The number of imidazole rings is 1.